The van der Waals surface area contributed by atoms with Crippen molar-refractivity contribution in [1.82, 2.24) is 4.72 Å². The average molecular weight is 405 g/mol. The van der Waals surface area contributed by atoms with Crippen LogP contribution in [-0.2, 0) is 16.2 Å². The summed E-state index contributed by atoms with van der Waals surface area (Å²) in [6.07, 6.45) is -4.50. The molecule has 0 amide bonds. The van der Waals surface area contributed by atoms with E-state index in [0.29, 0.717) is 18.2 Å². The monoisotopic (exact) mass is 405 g/mol. The summed E-state index contributed by atoms with van der Waals surface area (Å²) in [7, 11) is -4.16. The molecule has 0 aromatic heterocycles. The Balaban J connectivity index is 1.89. The number of rotatable bonds is 5. The SMILES string of the molecule is O=S(=O)(NCC#CCOc1cccc(C(F)(F)F)c1)c1cc(F)cc(F)c1. The van der Waals surface area contributed by atoms with E-state index in [0.717, 1.165) is 12.1 Å². The largest absolute Gasteiger partial charge is 0.481 e. The number of hydrogen-bond donors (Lipinski definition) is 1. The minimum absolute atomic E-state index is 0.0464. The van der Waals surface area contributed by atoms with Crippen LogP contribution >= 0.6 is 0 Å². The molecule has 0 heterocycles. The van der Waals surface area contributed by atoms with Crippen molar-refractivity contribution >= 4 is 10.0 Å². The lowest BCUT2D eigenvalue weighted by molar-refractivity contribution is -0.137. The molecule has 0 aliphatic rings. The number of ether oxygens (including phenoxy) is 1. The Morgan fingerprint density at radius 1 is 1.00 bits per heavy atom. The topological polar surface area (TPSA) is 55.4 Å². The van der Waals surface area contributed by atoms with Crippen LogP contribution < -0.4 is 9.46 Å². The van der Waals surface area contributed by atoms with Crippen molar-refractivity contribution in [1.29, 1.82) is 0 Å². The van der Waals surface area contributed by atoms with E-state index in [9.17, 15) is 30.4 Å². The second-order valence-electron chi connectivity index (χ2n) is 5.10. The van der Waals surface area contributed by atoms with Gasteiger partial charge in [0.15, 0.2) is 0 Å². The third-order valence-electron chi connectivity index (χ3n) is 3.09. The minimum Gasteiger partial charge on any atom is -0.481 e. The highest BCUT2D eigenvalue weighted by molar-refractivity contribution is 7.89. The number of nitrogens with one attached hydrogen (secondary N) is 1. The van der Waals surface area contributed by atoms with Crippen molar-refractivity contribution in [3.8, 4) is 17.6 Å². The molecule has 144 valence electrons. The maximum Gasteiger partial charge on any atom is 0.416 e. The molecule has 0 atom stereocenters. The van der Waals surface area contributed by atoms with Crippen LogP contribution in [0.4, 0.5) is 22.0 Å². The molecule has 0 unspecified atom stereocenters. The second kappa shape index (κ2) is 8.37. The molecule has 0 aliphatic carbocycles. The first-order valence-electron chi connectivity index (χ1n) is 7.29. The lowest BCUT2D eigenvalue weighted by Crippen LogP contribution is -2.24. The van der Waals surface area contributed by atoms with Gasteiger partial charge in [-0.25, -0.2) is 17.2 Å². The Labute approximate surface area is 152 Å². The van der Waals surface area contributed by atoms with E-state index in [1.807, 2.05) is 4.72 Å². The van der Waals surface area contributed by atoms with Crippen LogP contribution in [0.3, 0.4) is 0 Å². The molecule has 0 radical (unpaired) electrons. The quantitative estimate of drug-likeness (QED) is 0.613. The minimum atomic E-state index is -4.50. The highest BCUT2D eigenvalue weighted by Crippen LogP contribution is 2.31. The van der Waals surface area contributed by atoms with Crippen LogP contribution in [0, 0.1) is 23.5 Å². The Morgan fingerprint density at radius 3 is 2.30 bits per heavy atom. The molecule has 4 nitrogen and oxygen atoms in total. The molecule has 2 aromatic rings. The summed E-state index contributed by atoms with van der Waals surface area (Å²) in [5, 5.41) is 0. The Morgan fingerprint density at radius 2 is 1.67 bits per heavy atom. The van der Waals surface area contributed by atoms with Crippen LogP contribution in [-0.4, -0.2) is 21.6 Å². The zero-order valence-electron chi connectivity index (χ0n) is 13.5. The summed E-state index contributed by atoms with van der Waals surface area (Å²) in [6, 6.07) is 6.02. The number of alkyl halides is 3. The summed E-state index contributed by atoms with van der Waals surface area (Å²) in [6.45, 7) is -0.663. The van der Waals surface area contributed by atoms with Gasteiger partial charge in [0.1, 0.15) is 24.0 Å². The van der Waals surface area contributed by atoms with Crippen LogP contribution in [0.25, 0.3) is 0 Å². The van der Waals surface area contributed by atoms with E-state index in [1.165, 1.54) is 12.1 Å². The highest BCUT2D eigenvalue weighted by Gasteiger charge is 2.30. The maximum atomic E-state index is 13.1. The molecule has 1 N–H and O–H groups in total. The Hall–Kier alpha value is -2.64. The summed E-state index contributed by atoms with van der Waals surface area (Å²) in [5.41, 5.74) is -0.872. The number of sulfonamides is 1. The van der Waals surface area contributed by atoms with Gasteiger partial charge in [0.2, 0.25) is 10.0 Å². The predicted octanol–water partition coefficient (Wildman–Crippen LogP) is 3.34. The van der Waals surface area contributed by atoms with Crippen molar-refractivity contribution in [3.63, 3.8) is 0 Å². The van der Waals surface area contributed by atoms with Gasteiger partial charge in [-0.05, 0) is 30.3 Å². The van der Waals surface area contributed by atoms with E-state index in [-0.39, 0.29) is 18.9 Å². The molecule has 27 heavy (non-hydrogen) atoms. The predicted molar refractivity (Wildman–Crippen MR) is 86.3 cm³/mol. The van der Waals surface area contributed by atoms with E-state index in [4.69, 9.17) is 4.74 Å². The molecule has 0 spiro atoms. The third-order valence-corrected chi connectivity index (χ3v) is 4.47. The lowest BCUT2D eigenvalue weighted by atomic mass is 10.2. The van der Waals surface area contributed by atoms with Gasteiger partial charge < -0.3 is 4.74 Å². The Bertz CT molecular complexity index is 958. The standard InChI is InChI=1S/C17H12F5NO3S/c18-13-9-14(19)11-16(10-13)27(24,25)23-6-1-2-7-26-15-5-3-4-12(8-15)17(20,21)22/h3-5,8-11,23H,6-7H2. The van der Waals surface area contributed by atoms with Crippen LogP contribution in [0.2, 0.25) is 0 Å². The first-order valence-corrected chi connectivity index (χ1v) is 8.78. The zero-order valence-corrected chi connectivity index (χ0v) is 14.3. The summed E-state index contributed by atoms with van der Waals surface area (Å²) in [4.78, 5) is -0.595. The fourth-order valence-corrected chi connectivity index (χ4v) is 2.86. The van der Waals surface area contributed by atoms with Crippen molar-refractivity contribution in [2.45, 2.75) is 11.1 Å². The molecular formula is C17H12F5NO3S. The highest BCUT2D eigenvalue weighted by atomic mass is 32.2. The molecule has 0 bridgehead atoms. The molecule has 0 aliphatic heterocycles. The maximum absolute atomic E-state index is 13.1. The molecule has 2 aromatic carbocycles. The van der Waals surface area contributed by atoms with Gasteiger partial charge in [0.25, 0.3) is 0 Å². The first kappa shape index (κ1) is 20.7. The summed E-state index contributed by atoms with van der Waals surface area (Å²) >= 11 is 0. The molecule has 10 heteroatoms. The molecule has 0 fully saturated rings. The zero-order chi connectivity index (χ0) is 20.1. The van der Waals surface area contributed by atoms with Gasteiger partial charge in [-0.15, -0.1) is 0 Å². The number of hydrogen-bond acceptors (Lipinski definition) is 3. The van der Waals surface area contributed by atoms with E-state index >= 15 is 0 Å². The fraction of sp³-hybridized carbons (Fsp3) is 0.176. The first-order chi connectivity index (χ1) is 12.6. The summed E-state index contributed by atoms with van der Waals surface area (Å²) < 4.78 is 94.6. The molecule has 0 saturated heterocycles. The second-order valence-corrected chi connectivity index (χ2v) is 6.86. The van der Waals surface area contributed by atoms with E-state index in [2.05, 4.69) is 11.8 Å². The van der Waals surface area contributed by atoms with Crippen molar-refractivity contribution in [3.05, 3.63) is 59.7 Å². The van der Waals surface area contributed by atoms with Gasteiger partial charge >= 0.3 is 6.18 Å². The van der Waals surface area contributed by atoms with Crippen molar-refractivity contribution in [2.75, 3.05) is 13.2 Å². The normalized spacial score (nSPS) is 11.6. The Kier molecular flexibility index (Phi) is 6.41. The van der Waals surface area contributed by atoms with E-state index < -0.39 is 38.3 Å². The van der Waals surface area contributed by atoms with Gasteiger partial charge in [-0.3, -0.25) is 0 Å². The average Bonchev–Trinajstić information content (AvgIpc) is 2.56. The molecule has 2 rings (SSSR count). The fourth-order valence-electron chi connectivity index (χ4n) is 1.89. The van der Waals surface area contributed by atoms with Crippen LogP contribution in [0.5, 0.6) is 5.75 Å². The lowest BCUT2D eigenvalue weighted by Gasteiger charge is -2.08. The van der Waals surface area contributed by atoms with Crippen molar-refractivity contribution in [2.24, 2.45) is 0 Å². The van der Waals surface area contributed by atoms with Crippen LogP contribution in [0.15, 0.2) is 47.4 Å². The molecular weight excluding hydrogens is 393 g/mol. The van der Waals surface area contributed by atoms with Crippen molar-refractivity contribution < 1.29 is 35.1 Å². The number of halogens is 5. The van der Waals surface area contributed by atoms with Gasteiger partial charge in [-0.2, -0.15) is 17.9 Å². The third kappa shape index (κ3) is 6.23. The van der Waals surface area contributed by atoms with E-state index in [1.54, 1.807) is 0 Å². The number of benzene rings is 2. The smallest absolute Gasteiger partial charge is 0.416 e. The van der Waals surface area contributed by atoms with Gasteiger partial charge in [0.05, 0.1) is 17.0 Å². The molecule has 0 saturated carbocycles. The van der Waals surface area contributed by atoms with Crippen LogP contribution in [0.1, 0.15) is 5.56 Å². The van der Waals surface area contributed by atoms with Gasteiger partial charge in [0, 0.05) is 6.07 Å². The summed E-state index contributed by atoms with van der Waals surface area (Å²) in [5.74, 6) is 2.65. The van der Waals surface area contributed by atoms with Gasteiger partial charge in [-0.1, -0.05) is 17.9 Å².